The molecule has 3 N–H and O–H groups in total. The van der Waals surface area contributed by atoms with Crippen molar-refractivity contribution >= 4 is 39.1 Å². The molecule has 0 bridgehead atoms. The van der Waals surface area contributed by atoms with Crippen LogP contribution in [-0.4, -0.2) is 26.3 Å². The Kier molecular flexibility index (Phi) is 4.48. The molecule has 0 radical (unpaired) electrons. The summed E-state index contributed by atoms with van der Waals surface area (Å²) in [5, 5.41) is 7.47. The van der Waals surface area contributed by atoms with Gasteiger partial charge in [0.05, 0.1) is 23.2 Å². The predicted octanol–water partition coefficient (Wildman–Crippen LogP) is 2.48. The van der Waals surface area contributed by atoms with E-state index in [1.165, 1.54) is 0 Å². The molecule has 0 aromatic heterocycles. The van der Waals surface area contributed by atoms with E-state index in [-0.39, 0.29) is 5.91 Å². The minimum absolute atomic E-state index is 0.253. The number of anilines is 2. The van der Waals surface area contributed by atoms with E-state index in [0.29, 0.717) is 29.1 Å². The summed E-state index contributed by atoms with van der Waals surface area (Å²) in [6, 6.07) is 14.8. The fourth-order valence-electron chi connectivity index (χ4n) is 3.13. The van der Waals surface area contributed by atoms with Gasteiger partial charge in [0.25, 0.3) is 5.91 Å². The van der Waals surface area contributed by atoms with Crippen LogP contribution in [0.25, 0.3) is 6.08 Å². The molecule has 7 nitrogen and oxygen atoms in total. The summed E-state index contributed by atoms with van der Waals surface area (Å²) in [5.41, 5.74) is 7.74. The third-order valence-electron chi connectivity index (χ3n) is 4.37. The summed E-state index contributed by atoms with van der Waals surface area (Å²) in [5.74, 6) is -0.253. The van der Waals surface area contributed by atoms with E-state index in [1.54, 1.807) is 24.3 Å². The molecule has 1 amide bonds. The first-order valence-electron chi connectivity index (χ1n) is 8.61. The minimum atomic E-state index is -3.32. The molecule has 2 aromatic rings. The number of fused-ring (bicyclic) bond motifs is 1. The van der Waals surface area contributed by atoms with E-state index < -0.39 is 10.0 Å². The number of hydrazone groups is 1. The van der Waals surface area contributed by atoms with Gasteiger partial charge in [-0.2, -0.15) is 5.10 Å². The zero-order valence-corrected chi connectivity index (χ0v) is 15.9. The first-order valence-corrected chi connectivity index (χ1v) is 10.5. The minimum Gasteiger partial charge on any atom is -0.354 e. The van der Waals surface area contributed by atoms with Gasteiger partial charge in [-0.1, -0.05) is 36.4 Å². The third-order valence-corrected chi connectivity index (χ3v) is 4.97. The molecule has 8 heteroatoms. The van der Waals surface area contributed by atoms with Crippen LogP contribution in [-0.2, 0) is 21.2 Å². The summed E-state index contributed by atoms with van der Waals surface area (Å²) in [6.07, 6.45) is 5.38. The fraction of sp³-hybridized carbons (Fsp3) is 0.100. The molecule has 142 valence electrons. The number of hydrogen-bond acceptors (Lipinski definition) is 5. The molecule has 4 rings (SSSR count). The van der Waals surface area contributed by atoms with Crippen molar-refractivity contribution in [2.75, 3.05) is 16.3 Å². The third kappa shape index (κ3) is 3.81. The molecule has 0 atom stereocenters. The van der Waals surface area contributed by atoms with Crippen LogP contribution in [0.15, 0.2) is 71.0 Å². The Morgan fingerprint density at radius 2 is 1.79 bits per heavy atom. The normalized spacial score (nSPS) is 18.2. The van der Waals surface area contributed by atoms with Gasteiger partial charge in [-0.15, -0.1) is 0 Å². The Hall–Kier alpha value is -3.39. The van der Waals surface area contributed by atoms with Crippen LogP contribution in [0.1, 0.15) is 11.1 Å². The Morgan fingerprint density at radius 3 is 2.54 bits per heavy atom. The number of rotatable bonds is 4. The number of carbonyl (C=O) groups excluding carboxylic acids is 1. The van der Waals surface area contributed by atoms with E-state index in [0.717, 1.165) is 23.1 Å². The quantitative estimate of drug-likeness (QED) is 0.694. The van der Waals surface area contributed by atoms with Gasteiger partial charge >= 0.3 is 0 Å². The molecule has 28 heavy (non-hydrogen) atoms. The van der Waals surface area contributed by atoms with Gasteiger partial charge in [-0.05, 0) is 35.4 Å². The van der Waals surface area contributed by atoms with Gasteiger partial charge in [-0.3, -0.25) is 9.52 Å². The zero-order valence-electron chi connectivity index (χ0n) is 15.1. The molecular formula is C20H18N4O3S. The molecule has 2 aromatic carbocycles. The van der Waals surface area contributed by atoms with Crippen LogP contribution in [0, 0.1) is 0 Å². The lowest BCUT2D eigenvalue weighted by molar-refractivity contribution is -0.116. The van der Waals surface area contributed by atoms with E-state index in [4.69, 9.17) is 0 Å². The van der Waals surface area contributed by atoms with Gasteiger partial charge in [0.2, 0.25) is 10.0 Å². The van der Waals surface area contributed by atoms with E-state index in [9.17, 15) is 13.2 Å². The van der Waals surface area contributed by atoms with Gasteiger partial charge in [0.15, 0.2) is 0 Å². The Labute approximate surface area is 162 Å². The number of benzene rings is 2. The highest BCUT2D eigenvalue weighted by Gasteiger charge is 2.27. The Bertz CT molecular complexity index is 1150. The highest BCUT2D eigenvalue weighted by molar-refractivity contribution is 7.92. The molecule has 2 aliphatic heterocycles. The summed E-state index contributed by atoms with van der Waals surface area (Å²) in [6.45, 7) is 0. The largest absolute Gasteiger partial charge is 0.354 e. The van der Waals surface area contributed by atoms with Crippen LogP contribution in [0.5, 0.6) is 0 Å². The summed E-state index contributed by atoms with van der Waals surface area (Å²) in [7, 11) is -3.32. The first kappa shape index (κ1) is 18.0. The van der Waals surface area contributed by atoms with Crippen LogP contribution < -0.4 is 15.5 Å². The van der Waals surface area contributed by atoms with Gasteiger partial charge in [0, 0.05) is 17.8 Å². The lowest BCUT2D eigenvalue weighted by Gasteiger charge is -2.17. The summed E-state index contributed by atoms with van der Waals surface area (Å²) in [4.78, 5) is 12.4. The monoisotopic (exact) mass is 394 g/mol. The topological polar surface area (TPSA) is 99.7 Å². The molecule has 2 aliphatic rings. The van der Waals surface area contributed by atoms with Crippen LogP contribution in [0.3, 0.4) is 0 Å². The molecule has 0 aliphatic carbocycles. The van der Waals surface area contributed by atoms with Gasteiger partial charge in [0.1, 0.15) is 0 Å². The summed E-state index contributed by atoms with van der Waals surface area (Å²) < 4.78 is 25.0. The maximum Gasteiger partial charge on any atom is 0.275 e. The highest BCUT2D eigenvalue weighted by atomic mass is 32.2. The van der Waals surface area contributed by atoms with Crippen molar-refractivity contribution in [3.63, 3.8) is 0 Å². The van der Waals surface area contributed by atoms with Crippen LogP contribution in [0.4, 0.5) is 11.4 Å². The average Bonchev–Trinajstić information content (AvgIpc) is 3.02. The number of allylic oxidation sites excluding steroid dienone is 1. The second kappa shape index (κ2) is 6.97. The molecule has 0 unspecified atom stereocenters. The second-order valence-electron chi connectivity index (χ2n) is 6.58. The highest BCUT2D eigenvalue weighted by Crippen LogP contribution is 2.27. The van der Waals surface area contributed by atoms with E-state index >= 15 is 0 Å². The smallest absolute Gasteiger partial charge is 0.275 e. The second-order valence-corrected chi connectivity index (χ2v) is 8.33. The van der Waals surface area contributed by atoms with Crippen molar-refractivity contribution in [2.45, 2.75) is 6.42 Å². The Morgan fingerprint density at radius 1 is 1.04 bits per heavy atom. The Balaban J connectivity index is 1.58. The molecule has 0 fully saturated rings. The molecule has 0 spiro atoms. The molecular weight excluding hydrogens is 376 g/mol. The van der Waals surface area contributed by atoms with Crippen molar-refractivity contribution in [3.8, 4) is 0 Å². The van der Waals surface area contributed by atoms with Crippen molar-refractivity contribution in [1.29, 1.82) is 0 Å². The first-order chi connectivity index (χ1) is 13.4. The van der Waals surface area contributed by atoms with Crippen molar-refractivity contribution in [3.05, 3.63) is 77.0 Å². The number of nitrogens with zero attached hydrogens (tertiary/aromatic N) is 1. The van der Waals surface area contributed by atoms with Crippen molar-refractivity contribution in [2.24, 2.45) is 5.10 Å². The number of amides is 1. The fourth-order valence-corrected chi connectivity index (χ4v) is 3.69. The van der Waals surface area contributed by atoms with Gasteiger partial charge in [-0.25, -0.2) is 13.8 Å². The SMILES string of the molecule is CS(=O)(=O)Nc1ccc(CC2=NNC(=O)C2=C2C=Cc3ccccc3N2)cc1. The lowest BCUT2D eigenvalue weighted by Crippen LogP contribution is -2.19. The number of sulfonamides is 1. The molecule has 0 saturated heterocycles. The standard InChI is InChI=1S/C20H18N4O3S/c1-28(26,27)24-15-9-6-13(7-10-15)12-18-19(20(25)23-22-18)17-11-8-14-4-2-3-5-16(14)21-17/h2-11,21,24H,12H2,1H3,(H,23,25). The zero-order chi connectivity index (χ0) is 19.7. The number of carbonyl (C=O) groups is 1. The van der Waals surface area contributed by atoms with E-state index in [2.05, 4.69) is 20.6 Å². The maximum atomic E-state index is 12.4. The lowest BCUT2D eigenvalue weighted by atomic mass is 9.98. The number of para-hydroxylation sites is 1. The summed E-state index contributed by atoms with van der Waals surface area (Å²) >= 11 is 0. The number of nitrogens with one attached hydrogen (secondary N) is 3. The number of hydrogen-bond donors (Lipinski definition) is 3. The van der Waals surface area contributed by atoms with E-state index in [1.807, 2.05) is 36.4 Å². The maximum absolute atomic E-state index is 12.4. The average molecular weight is 394 g/mol. The van der Waals surface area contributed by atoms with Crippen LogP contribution in [0.2, 0.25) is 0 Å². The van der Waals surface area contributed by atoms with Crippen LogP contribution >= 0.6 is 0 Å². The molecule has 2 heterocycles. The molecule has 0 saturated carbocycles. The van der Waals surface area contributed by atoms with Crippen molar-refractivity contribution < 1.29 is 13.2 Å². The predicted molar refractivity (Wildman–Crippen MR) is 110 cm³/mol. The van der Waals surface area contributed by atoms with Crippen molar-refractivity contribution in [1.82, 2.24) is 5.43 Å². The van der Waals surface area contributed by atoms with Gasteiger partial charge < -0.3 is 5.32 Å².